The van der Waals surface area contributed by atoms with Gasteiger partial charge < -0.3 is 5.73 Å². The second kappa shape index (κ2) is 4.49. The first-order valence-electron chi connectivity index (χ1n) is 5.97. The van der Waals surface area contributed by atoms with Gasteiger partial charge in [-0.15, -0.1) is 0 Å². The standard InChI is InChI=1S/C12H20BrN3/c1-12(6-4-3-5-7-12)11(14)10-9(13)8-15-16(10)2/h8,11H,3-7,14H2,1-2H3. The van der Waals surface area contributed by atoms with E-state index in [0.717, 1.165) is 10.2 Å². The number of hydrogen-bond acceptors (Lipinski definition) is 2. The Hall–Kier alpha value is -0.350. The summed E-state index contributed by atoms with van der Waals surface area (Å²) in [6.07, 6.45) is 8.26. The van der Waals surface area contributed by atoms with Gasteiger partial charge in [-0.25, -0.2) is 0 Å². The fourth-order valence-electron chi connectivity index (χ4n) is 2.77. The third-order valence-corrected chi connectivity index (χ3v) is 4.59. The van der Waals surface area contributed by atoms with Crippen molar-refractivity contribution in [1.29, 1.82) is 0 Å². The Morgan fingerprint density at radius 1 is 1.44 bits per heavy atom. The molecule has 1 atom stereocenters. The number of aromatic nitrogens is 2. The molecular weight excluding hydrogens is 266 g/mol. The van der Waals surface area contributed by atoms with Crippen LogP contribution < -0.4 is 5.73 Å². The summed E-state index contributed by atoms with van der Waals surface area (Å²) in [5.41, 5.74) is 7.82. The maximum Gasteiger partial charge on any atom is 0.0695 e. The number of hydrogen-bond donors (Lipinski definition) is 1. The summed E-state index contributed by atoms with van der Waals surface area (Å²) in [6.45, 7) is 2.32. The van der Waals surface area contributed by atoms with Gasteiger partial charge in [0.05, 0.1) is 22.4 Å². The van der Waals surface area contributed by atoms with Gasteiger partial charge in [0.1, 0.15) is 0 Å². The topological polar surface area (TPSA) is 43.8 Å². The van der Waals surface area contributed by atoms with E-state index in [-0.39, 0.29) is 11.5 Å². The predicted octanol–water partition coefficient (Wildman–Crippen LogP) is 3.15. The van der Waals surface area contributed by atoms with E-state index in [9.17, 15) is 0 Å². The molecule has 1 aliphatic rings. The Morgan fingerprint density at radius 3 is 2.56 bits per heavy atom. The van der Waals surface area contributed by atoms with Crippen LogP contribution in [0.4, 0.5) is 0 Å². The molecule has 0 spiro atoms. The summed E-state index contributed by atoms with van der Waals surface area (Å²) in [5, 5.41) is 4.25. The minimum absolute atomic E-state index is 0.0784. The molecule has 0 aromatic carbocycles. The van der Waals surface area contributed by atoms with Crippen molar-refractivity contribution in [2.45, 2.75) is 45.1 Å². The lowest BCUT2D eigenvalue weighted by molar-refractivity contribution is 0.164. The maximum absolute atomic E-state index is 6.46. The highest BCUT2D eigenvalue weighted by Gasteiger charge is 2.36. The van der Waals surface area contributed by atoms with Crippen LogP contribution in [0.15, 0.2) is 10.7 Å². The molecule has 1 aromatic rings. The molecule has 2 N–H and O–H groups in total. The van der Waals surface area contributed by atoms with Gasteiger partial charge in [0.2, 0.25) is 0 Å². The van der Waals surface area contributed by atoms with Crippen molar-refractivity contribution in [1.82, 2.24) is 9.78 Å². The third kappa shape index (κ3) is 2.05. The second-order valence-corrected chi connectivity index (χ2v) is 6.05. The lowest BCUT2D eigenvalue weighted by atomic mass is 9.70. The van der Waals surface area contributed by atoms with Crippen LogP contribution in [0.3, 0.4) is 0 Å². The molecule has 1 aromatic heterocycles. The van der Waals surface area contributed by atoms with E-state index in [1.165, 1.54) is 32.1 Å². The molecule has 1 fully saturated rings. The number of aryl methyl sites for hydroxylation is 1. The first kappa shape index (κ1) is 12.1. The van der Waals surface area contributed by atoms with Crippen molar-refractivity contribution in [3.8, 4) is 0 Å². The molecule has 1 heterocycles. The first-order valence-corrected chi connectivity index (χ1v) is 6.77. The zero-order valence-corrected chi connectivity index (χ0v) is 11.6. The smallest absolute Gasteiger partial charge is 0.0695 e. The Morgan fingerprint density at radius 2 is 2.06 bits per heavy atom. The fourth-order valence-corrected chi connectivity index (χ4v) is 3.37. The van der Waals surface area contributed by atoms with E-state index in [0.29, 0.717) is 0 Å². The number of halogens is 1. The van der Waals surface area contributed by atoms with E-state index in [1.54, 1.807) is 0 Å². The summed E-state index contributed by atoms with van der Waals surface area (Å²) in [5.74, 6) is 0. The van der Waals surface area contributed by atoms with E-state index in [4.69, 9.17) is 5.73 Å². The zero-order valence-electron chi connectivity index (χ0n) is 10.0. The van der Waals surface area contributed by atoms with E-state index >= 15 is 0 Å². The summed E-state index contributed by atoms with van der Waals surface area (Å²) in [4.78, 5) is 0. The molecule has 4 heteroatoms. The van der Waals surface area contributed by atoms with Gasteiger partial charge in [-0.2, -0.15) is 5.10 Å². The van der Waals surface area contributed by atoms with Gasteiger partial charge in [0.15, 0.2) is 0 Å². The van der Waals surface area contributed by atoms with Crippen molar-refractivity contribution in [2.75, 3.05) is 0 Å². The summed E-state index contributed by atoms with van der Waals surface area (Å²) >= 11 is 3.55. The highest BCUT2D eigenvalue weighted by molar-refractivity contribution is 9.10. The Bertz CT molecular complexity index is 347. The Kier molecular flexibility index (Phi) is 3.40. The van der Waals surface area contributed by atoms with Crippen LogP contribution in [-0.2, 0) is 7.05 Å². The molecule has 3 nitrogen and oxygen atoms in total. The van der Waals surface area contributed by atoms with E-state index < -0.39 is 0 Å². The fraction of sp³-hybridized carbons (Fsp3) is 0.750. The third-order valence-electron chi connectivity index (χ3n) is 3.98. The van der Waals surface area contributed by atoms with E-state index in [1.807, 2.05) is 17.9 Å². The van der Waals surface area contributed by atoms with Crippen LogP contribution >= 0.6 is 15.9 Å². The zero-order chi connectivity index (χ0) is 11.8. The molecule has 0 radical (unpaired) electrons. The predicted molar refractivity (Wildman–Crippen MR) is 69.0 cm³/mol. The van der Waals surface area contributed by atoms with Crippen LogP contribution in [0.25, 0.3) is 0 Å². The van der Waals surface area contributed by atoms with E-state index in [2.05, 4.69) is 28.0 Å². The molecule has 16 heavy (non-hydrogen) atoms. The first-order chi connectivity index (χ1) is 7.54. The molecular formula is C12H20BrN3. The quantitative estimate of drug-likeness (QED) is 0.907. The maximum atomic E-state index is 6.46. The average Bonchev–Trinajstić information content (AvgIpc) is 2.59. The van der Waals surface area contributed by atoms with Gasteiger partial charge in [-0.05, 0) is 34.2 Å². The van der Waals surface area contributed by atoms with Gasteiger partial charge >= 0.3 is 0 Å². The van der Waals surface area contributed by atoms with Crippen LogP contribution in [-0.4, -0.2) is 9.78 Å². The molecule has 1 aliphatic carbocycles. The molecule has 2 rings (SSSR count). The van der Waals surface area contributed by atoms with Crippen molar-refractivity contribution < 1.29 is 0 Å². The number of nitrogens with two attached hydrogens (primary N) is 1. The average molecular weight is 286 g/mol. The monoisotopic (exact) mass is 285 g/mol. The summed E-state index contributed by atoms with van der Waals surface area (Å²) in [7, 11) is 1.96. The van der Waals surface area contributed by atoms with Crippen LogP contribution in [0.5, 0.6) is 0 Å². The van der Waals surface area contributed by atoms with Crippen LogP contribution in [0, 0.1) is 5.41 Å². The number of rotatable bonds is 2. The lowest BCUT2D eigenvalue weighted by Crippen LogP contribution is -2.35. The number of nitrogens with zero attached hydrogens (tertiary/aromatic N) is 2. The van der Waals surface area contributed by atoms with Crippen molar-refractivity contribution in [3.05, 3.63) is 16.4 Å². The molecule has 0 aliphatic heterocycles. The van der Waals surface area contributed by atoms with Crippen molar-refractivity contribution in [2.24, 2.45) is 18.2 Å². The van der Waals surface area contributed by atoms with Gasteiger partial charge in [-0.1, -0.05) is 26.2 Å². The Balaban J connectivity index is 2.27. The summed E-state index contributed by atoms with van der Waals surface area (Å²) in [6, 6.07) is 0.0784. The molecule has 1 unspecified atom stereocenters. The lowest BCUT2D eigenvalue weighted by Gasteiger charge is -2.39. The molecule has 0 bridgehead atoms. The summed E-state index contributed by atoms with van der Waals surface area (Å²) < 4.78 is 2.93. The van der Waals surface area contributed by atoms with Crippen LogP contribution in [0.2, 0.25) is 0 Å². The SMILES string of the molecule is Cn1ncc(Br)c1C(N)C1(C)CCCCC1. The highest BCUT2D eigenvalue weighted by atomic mass is 79.9. The van der Waals surface area contributed by atoms with Gasteiger partial charge in [0.25, 0.3) is 0 Å². The van der Waals surface area contributed by atoms with Gasteiger partial charge in [0, 0.05) is 7.05 Å². The normalized spacial score (nSPS) is 22.0. The minimum atomic E-state index is 0.0784. The largest absolute Gasteiger partial charge is 0.322 e. The highest BCUT2D eigenvalue weighted by Crippen LogP contribution is 2.45. The molecule has 1 saturated carbocycles. The van der Waals surface area contributed by atoms with Crippen molar-refractivity contribution >= 4 is 15.9 Å². The molecule has 0 amide bonds. The molecule has 90 valence electrons. The molecule has 0 saturated heterocycles. The van der Waals surface area contributed by atoms with Crippen LogP contribution in [0.1, 0.15) is 50.8 Å². The van der Waals surface area contributed by atoms with Crippen molar-refractivity contribution in [3.63, 3.8) is 0 Å². The minimum Gasteiger partial charge on any atom is -0.322 e. The second-order valence-electron chi connectivity index (χ2n) is 5.19. The van der Waals surface area contributed by atoms with Gasteiger partial charge in [-0.3, -0.25) is 4.68 Å². The Labute approximate surface area is 106 Å².